The van der Waals surface area contributed by atoms with Gasteiger partial charge in [0.05, 0.1) is 0 Å². The van der Waals surface area contributed by atoms with Crippen LogP contribution in [0.4, 0.5) is 0 Å². The van der Waals surface area contributed by atoms with Gasteiger partial charge in [-0.15, -0.1) is 10.2 Å². The summed E-state index contributed by atoms with van der Waals surface area (Å²) < 4.78 is 2.04. The van der Waals surface area contributed by atoms with Gasteiger partial charge in [0.15, 0.2) is 5.82 Å². The third-order valence-electron chi connectivity index (χ3n) is 2.61. The van der Waals surface area contributed by atoms with Crippen molar-refractivity contribution in [1.29, 1.82) is 0 Å². The molecule has 0 saturated carbocycles. The molecule has 0 radical (unpaired) electrons. The predicted molar refractivity (Wildman–Crippen MR) is 59.7 cm³/mol. The summed E-state index contributed by atoms with van der Waals surface area (Å²) in [7, 11) is 0. The van der Waals surface area contributed by atoms with E-state index >= 15 is 0 Å². The van der Waals surface area contributed by atoms with Crippen LogP contribution in [0.1, 0.15) is 64.1 Å². The van der Waals surface area contributed by atoms with Crippen molar-refractivity contribution < 1.29 is 5.11 Å². The second kappa shape index (κ2) is 5.26. The SMILES string of the molecule is CCCC(C)c1nnc(CO)n1C(C)C. The molecule has 1 aromatic rings. The summed E-state index contributed by atoms with van der Waals surface area (Å²) in [6, 6.07) is 0.302. The molecule has 0 bridgehead atoms. The molecule has 0 aliphatic rings. The summed E-state index contributed by atoms with van der Waals surface area (Å²) in [6.07, 6.45) is 2.25. The van der Waals surface area contributed by atoms with Crippen molar-refractivity contribution in [3.8, 4) is 0 Å². The van der Waals surface area contributed by atoms with E-state index in [0.29, 0.717) is 17.8 Å². The maximum absolute atomic E-state index is 9.17. The molecule has 86 valence electrons. The summed E-state index contributed by atoms with van der Waals surface area (Å²) in [6.45, 7) is 8.46. The van der Waals surface area contributed by atoms with Gasteiger partial charge in [-0.1, -0.05) is 20.3 Å². The Bertz CT molecular complexity index is 307. The summed E-state index contributed by atoms with van der Waals surface area (Å²) >= 11 is 0. The monoisotopic (exact) mass is 211 g/mol. The number of aliphatic hydroxyl groups excluding tert-OH is 1. The van der Waals surface area contributed by atoms with Gasteiger partial charge in [0.25, 0.3) is 0 Å². The lowest BCUT2D eigenvalue weighted by atomic mass is 10.1. The lowest BCUT2D eigenvalue weighted by Crippen LogP contribution is -2.12. The summed E-state index contributed by atoms with van der Waals surface area (Å²) in [4.78, 5) is 0. The summed E-state index contributed by atoms with van der Waals surface area (Å²) in [5.74, 6) is 2.07. The van der Waals surface area contributed by atoms with E-state index in [1.165, 1.54) is 0 Å². The second-order valence-corrected chi connectivity index (χ2v) is 4.29. The predicted octanol–water partition coefficient (Wildman–Crippen LogP) is 2.25. The molecule has 4 nitrogen and oxygen atoms in total. The largest absolute Gasteiger partial charge is 0.388 e. The van der Waals surface area contributed by atoms with Crippen molar-refractivity contribution in [1.82, 2.24) is 14.8 Å². The van der Waals surface area contributed by atoms with Crippen LogP contribution in [0.25, 0.3) is 0 Å². The van der Waals surface area contributed by atoms with Crippen LogP contribution in [0.2, 0.25) is 0 Å². The summed E-state index contributed by atoms with van der Waals surface area (Å²) in [5, 5.41) is 17.4. The lowest BCUT2D eigenvalue weighted by molar-refractivity contribution is 0.261. The molecule has 1 aromatic heterocycles. The second-order valence-electron chi connectivity index (χ2n) is 4.29. The first-order valence-corrected chi connectivity index (χ1v) is 5.66. The van der Waals surface area contributed by atoms with Crippen LogP contribution >= 0.6 is 0 Å². The van der Waals surface area contributed by atoms with E-state index in [1.807, 2.05) is 4.57 Å². The smallest absolute Gasteiger partial charge is 0.159 e. The Kier molecular flexibility index (Phi) is 4.27. The highest BCUT2D eigenvalue weighted by atomic mass is 16.3. The van der Waals surface area contributed by atoms with Gasteiger partial charge in [-0.25, -0.2) is 0 Å². The number of hydrogen-bond acceptors (Lipinski definition) is 3. The molecule has 0 spiro atoms. The molecule has 0 saturated heterocycles. The Balaban J connectivity index is 3.01. The van der Waals surface area contributed by atoms with Crippen molar-refractivity contribution in [3.05, 3.63) is 11.6 Å². The zero-order valence-corrected chi connectivity index (χ0v) is 10.1. The zero-order valence-electron chi connectivity index (χ0n) is 10.1. The Morgan fingerprint density at radius 2 is 1.93 bits per heavy atom. The minimum atomic E-state index is -0.0377. The quantitative estimate of drug-likeness (QED) is 0.812. The van der Waals surface area contributed by atoms with Crippen molar-refractivity contribution in [2.45, 2.75) is 59.1 Å². The Morgan fingerprint density at radius 3 is 2.40 bits per heavy atom. The van der Waals surface area contributed by atoms with Gasteiger partial charge in [0.1, 0.15) is 12.4 Å². The van der Waals surface area contributed by atoms with Gasteiger partial charge in [0, 0.05) is 12.0 Å². The van der Waals surface area contributed by atoms with Crippen molar-refractivity contribution in [3.63, 3.8) is 0 Å². The van der Waals surface area contributed by atoms with E-state index in [1.54, 1.807) is 0 Å². The Morgan fingerprint density at radius 1 is 1.27 bits per heavy atom. The minimum Gasteiger partial charge on any atom is -0.388 e. The fourth-order valence-corrected chi connectivity index (χ4v) is 1.91. The summed E-state index contributed by atoms with van der Waals surface area (Å²) in [5.41, 5.74) is 0. The zero-order chi connectivity index (χ0) is 11.4. The molecule has 1 unspecified atom stereocenters. The number of rotatable bonds is 5. The average Bonchev–Trinajstić information content (AvgIpc) is 2.61. The molecule has 0 aromatic carbocycles. The maximum Gasteiger partial charge on any atom is 0.159 e. The van der Waals surface area contributed by atoms with E-state index in [-0.39, 0.29) is 6.61 Å². The number of hydrogen-bond donors (Lipinski definition) is 1. The number of aliphatic hydroxyl groups is 1. The van der Waals surface area contributed by atoms with Crippen LogP contribution in [0.3, 0.4) is 0 Å². The van der Waals surface area contributed by atoms with E-state index in [4.69, 9.17) is 5.11 Å². The van der Waals surface area contributed by atoms with Crippen LogP contribution in [0.5, 0.6) is 0 Å². The minimum absolute atomic E-state index is 0.0377. The highest BCUT2D eigenvalue weighted by Crippen LogP contribution is 2.22. The molecule has 0 amide bonds. The standard InChI is InChI=1S/C11H21N3O/c1-5-6-9(4)11-13-12-10(7-15)14(11)8(2)3/h8-9,15H,5-7H2,1-4H3. The van der Waals surface area contributed by atoms with Crippen LogP contribution in [0.15, 0.2) is 0 Å². The van der Waals surface area contributed by atoms with Gasteiger partial charge in [-0.05, 0) is 20.3 Å². The van der Waals surface area contributed by atoms with Crippen molar-refractivity contribution in [2.75, 3.05) is 0 Å². The first-order chi connectivity index (χ1) is 7.11. The molecule has 1 atom stereocenters. The molecule has 15 heavy (non-hydrogen) atoms. The van der Waals surface area contributed by atoms with Crippen LogP contribution in [0, 0.1) is 0 Å². The van der Waals surface area contributed by atoms with Gasteiger partial charge >= 0.3 is 0 Å². The van der Waals surface area contributed by atoms with E-state index in [9.17, 15) is 0 Å². The fraction of sp³-hybridized carbons (Fsp3) is 0.818. The molecule has 1 rings (SSSR count). The van der Waals surface area contributed by atoms with E-state index < -0.39 is 0 Å². The first-order valence-electron chi connectivity index (χ1n) is 5.66. The highest BCUT2D eigenvalue weighted by molar-refractivity contribution is 5.02. The average molecular weight is 211 g/mol. The van der Waals surface area contributed by atoms with Gasteiger partial charge in [-0.3, -0.25) is 0 Å². The number of aromatic nitrogens is 3. The Labute approximate surface area is 91.3 Å². The Hall–Kier alpha value is -0.900. The molecule has 0 fully saturated rings. The van der Waals surface area contributed by atoms with Crippen molar-refractivity contribution >= 4 is 0 Å². The molecular formula is C11H21N3O. The van der Waals surface area contributed by atoms with Crippen LogP contribution < -0.4 is 0 Å². The third kappa shape index (κ3) is 2.56. The van der Waals surface area contributed by atoms with Gasteiger partial charge in [0.2, 0.25) is 0 Å². The first kappa shape index (κ1) is 12.2. The van der Waals surface area contributed by atoms with Crippen molar-refractivity contribution in [2.24, 2.45) is 0 Å². The molecular weight excluding hydrogens is 190 g/mol. The molecule has 0 aliphatic carbocycles. The number of nitrogens with zero attached hydrogens (tertiary/aromatic N) is 3. The normalized spacial score (nSPS) is 13.5. The van der Waals surface area contributed by atoms with Gasteiger partial charge < -0.3 is 9.67 Å². The van der Waals surface area contributed by atoms with E-state index in [0.717, 1.165) is 18.7 Å². The molecule has 0 aliphatic heterocycles. The topological polar surface area (TPSA) is 50.9 Å². The molecule has 4 heteroatoms. The van der Waals surface area contributed by atoms with Gasteiger partial charge in [-0.2, -0.15) is 0 Å². The fourth-order valence-electron chi connectivity index (χ4n) is 1.91. The van der Waals surface area contributed by atoms with Crippen LogP contribution in [-0.2, 0) is 6.61 Å². The highest BCUT2D eigenvalue weighted by Gasteiger charge is 2.18. The molecule has 1 N–H and O–H groups in total. The maximum atomic E-state index is 9.17. The lowest BCUT2D eigenvalue weighted by Gasteiger charge is -2.16. The van der Waals surface area contributed by atoms with E-state index in [2.05, 4.69) is 37.9 Å². The van der Waals surface area contributed by atoms with Crippen LogP contribution in [-0.4, -0.2) is 19.9 Å². The third-order valence-corrected chi connectivity index (χ3v) is 2.61. The molecule has 1 heterocycles.